The highest BCUT2D eigenvalue weighted by atomic mass is 16.6. The van der Waals surface area contributed by atoms with Gasteiger partial charge in [-0.1, -0.05) is 102 Å². The summed E-state index contributed by atoms with van der Waals surface area (Å²) < 4.78 is 21.7. The van der Waals surface area contributed by atoms with Crippen LogP contribution < -0.4 is 0 Å². The quantitative estimate of drug-likeness (QED) is 0.159. The topological polar surface area (TPSA) is 57.2 Å². The molecular weight excluding hydrogens is 428 g/mol. The third-order valence-corrected chi connectivity index (χ3v) is 6.16. The van der Waals surface area contributed by atoms with E-state index in [-0.39, 0.29) is 6.61 Å². The molecule has 1 N–H and O–H groups in total. The molecule has 0 heterocycles. The zero-order chi connectivity index (χ0) is 24.5. The fourth-order valence-electron chi connectivity index (χ4n) is 3.96. The van der Waals surface area contributed by atoms with Gasteiger partial charge in [-0.2, -0.15) is 0 Å². The van der Waals surface area contributed by atoms with Crippen LogP contribution in [0.5, 0.6) is 0 Å². The predicted molar refractivity (Wildman–Crippen MR) is 141 cm³/mol. The summed E-state index contributed by atoms with van der Waals surface area (Å²) >= 11 is 0. The van der Waals surface area contributed by atoms with Crippen LogP contribution in [-0.4, -0.2) is 58.0 Å². The van der Waals surface area contributed by atoms with Crippen molar-refractivity contribution in [3.8, 4) is 0 Å². The molecule has 198 valence electrons. The summed E-state index contributed by atoms with van der Waals surface area (Å²) in [6.45, 7) is 8.92. The Balaban J connectivity index is 1.96. The molecule has 0 fully saturated rings. The summed E-state index contributed by atoms with van der Waals surface area (Å²) in [5.41, 5.74) is 2.64. The number of hydrogen-bond acceptors (Lipinski definition) is 5. The minimum absolute atomic E-state index is 0.0474. The maximum atomic E-state index is 8.60. The van der Waals surface area contributed by atoms with E-state index in [1.165, 1.54) is 81.8 Å². The van der Waals surface area contributed by atoms with Crippen LogP contribution in [0.2, 0.25) is 0 Å². The molecule has 0 aromatic heterocycles. The van der Waals surface area contributed by atoms with Gasteiger partial charge in [0.1, 0.15) is 0 Å². The van der Waals surface area contributed by atoms with Gasteiger partial charge in [-0.05, 0) is 23.5 Å². The van der Waals surface area contributed by atoms with E-state index >= 15 is 0 Å². The van der Waals surface area contributed by atoms with Crippen molar-refractivity contribution in [3.63, 3.8) is 0 Å². The Kier molecular flexibility index (Phi) is 21.7. The van der Waals surface area contributed by atoms with Crippen LogP contribution >= 0.6 is 0 Å². The zero-order valence-corrected chi connectivity index (χ0v) is 22.1. The highest BCUT2D eigenvalue weighted by Crippen LogP contribution is 2.23. The van der Waals surface area contributed by atoms with Gasteiger partial charge < -0.3 is 24.1 Å². The van der Waals surface area contributed by atoms with Crippen molar-refractivity contribution in [2.24, 2.45) is 0 Å². The van der Waals surface area contributed by atoms with Crippen LogP contribution in [0.4, 0.5) is 0 Å². The molecule has 1 aromatic carbocycles. The lowest BCUT2D eigenvalue weighted by Crippen LogP contribution is -2.12. The molecule has 0 amide bonds. The minimum Gasteiger partial charge on any atom is -0.394 e. The Bertz CT molecular complexity index is 534. The minimum atomic E-state index is 0.0474. The van der Waals surface area contributed by atoms with Crippen LogP contribution in [0.25, 0.3) is 0 Å². The molecule has 1 atom stereocenters. The van der Waals surface area contributed by atoms with Gasteiger partial charge in [-0.3, -0.25) is 0 Å². The summed E-state index contributed by atoms with van der Waals surface area (Å²) in [6.07, 6.45) is 15.3. The fourth-order valence-corrected chi connectivity index (χ4v) is 3.96. The maximum absolute atomic E-state index is 8.60. The fraction of sp³-hybridized carbons (Fsp3) is 0.793. The predicted octanol–water partition coefficient (Wildman–Crippen LogP) is 6.66. The van der Waals surface area contributed by atoms with Crippen molar-refractivity contribution in [1.29, 1.82) is 0 Å². The van der Waals surface area contributed by atoms with E-state index in [9.17, 15) is 0 Å². The molecule has 34 heavy (non-hydrogen) atoms. The number of rotatable bonds is 25. The number of ether oxygens (including phenoxy) is 4. The summed E-state index contributed by atoms with van der Waals surface area (Å²) in [4.78, 5) is 0. The molecule has 5 heteroatoms. The molecule has 0 bridgehead atoms. The molecular formula is C29H52O5. The second-order valence-corrected chi connectivity index (χ2v) is 9.23. The number of aliphatic hydroxyl groups excluding tert-OH is 1. The van der Waals surface area contributed by atoms with Gasteiger partial charge in [-0.15, -0.1) is 0 Å². The van der Waals surface area contributed by atoms with E-state index in [2.05, 4.69) is 38.1 Å². The SMILES string of the molecule is CCCCCCCCCCCCC(C)c1ccc(COCCOCCOCCOCCO)cc1. The highest BCUT2D eigenvalue weighted by molar-refractivity contribution is 5.24. The van der Waals surface area contributed by atoms with Gasteiger partial charge in [0.05, 0.1) is 59.5 Å². The van der Waals surface area contributed by atoms with Crippen LogP contribution in [0.3, 0.4) is 0 Å². The van der Waals surface area contributed by atoms with E-state index in [0.29, 0.717) is 58.8 Å². The maximum Gasteiger partial charge on any atom is 0.0718 e. The largest absolute Gasteiger partial charge is 0.394 e. The molecule has 0 spiro atoms. The summed E-state index contributed by atoms with van der Waals surface area (Å²) in [5.74, 6) is 0.626. The number of aliphatic hydroxyl groups is 1. The first-order valence-corrected chi connectivity index (χ1v) is 13.8. The Morgan fingerprint density at radius 2 is 1.09 bits per heavy atom. The number of hydrogen-bond donors (Lipinski definition) is 1. The molecule has 0 aliphatic carbocycles. The average Bonchev–Trinajstić information content (AvgIpc) is 2.86. The Morgan fingerprint density at radius 3 is 1.62 bits per heavy atom. The lowest BCUT2D eigenvalue weighted by molar-refractivity contribution is -0.00743. The van der Waals surface area contributed by atoms with Crippen LogP contribution in [0, 0.1) is 0 Å². The monoisotopic (exact) mass is 480 g/mol. The Labute approximate surface area is 209 Å². The van der Waals surface area contributed by atoms with Gasteiger partial charge in [0.15, 0.2) is 0 Å². The molecule has 1 rings (SSSR count). The average molecular weight is 481 g/mol. The third kappa shape index (κ3) is 18.4. The normalized spacial score (nSPS) is 12.3. The van der Waals surface area contributed by atoms with Crippen LogP contribution in [0.1, 0.15) is 102 Å². The van der Waals surface area contributed by atoms with Crippen LogP contribution in [0.15, 0.2) is 24.3 Å². The Hall–Kier alpha value is -0.980. The van der Waals surface area contributed by atoms with Gasteiger partial charge >= 0.3 is 0 Å². The van der Waals surface area contributed by atoms with Crippen molar-refractivity contribution >= 4 is 0 Å². The van der Waals surface area contributed by atoms with Crippen molar-refractivity contribution in [1.82, 2.24) is 0 Å². The van der Waals surface area contributed by atoms with E-state index < -0.39 is 0 Å². The second-order valence-electron chi connectivity index (χ2n) is 9.23. The standard InChI is InChI=1S/C29H52O5/c1-3-4-5-6-7-8-9-10-11-12-13-27(2)29-16-14-28(15-17-29)26-34-25-24-33-23-22-32-21-20-31-19-18-30/h14-17,27,30H,3-13,18-26H2,1-2H3. The highest BCUT2D eigenvalue weighted by Gasteiger charge is 2.05. The third-order valence-electron chi connectivity index (χ3n) is 6.16. The van der Waals surface area contributed by atoms with Gasteiger partial charge in [0, 0.05) is 0 Å². The number of benzene rings is 1. The van der Waals surface area contributed by atoms with E-state index in [0.717, 1.165) is 0 Å². The van der Waals surface area contributed by atoms with Crippen molar-refractivity contribution < 1.29 is 24.1 Å². The zero-order valence-electron chi connectivity index (χ0n) is 22.1. The summed E-state index contributed by atoms with van der Waals surface area (Å²) in [7, 11) is 0. The molecule has 0 aliphatic heterocycles. The second kappa shape index (κ2) is 23.7. The Morgan fingerprint density at radius 1 is 0.618 bits per heavy atom. The molecule has 1 unspecified atom stereocenters. The first kappa shape index (κ1) is 31.1. The van der Waals surface area contributed by atoms with Crippen molar-refractivity contribution in [2.45, 2.75) is 97.0 Å². The smallest absolute Gasteiger partial charge is 0.0718 e. The molecule has 0 radical (unpaired) electrons. The molecule has 5 nitrogen and oxygen atoms in total. The first-order chi connectivity index (χ1) is 16.8. The summed E-state index contributed by atoms with van der Waals surface area (Å²) in [5, 5.41) is 8.60. The molecule has 0 saturated carbocycles. The van der Waals surface area contributed by atoms with E-state index in [4.69, 9.17) is 24.1 Å². The molecule has 0 aliphatic rings. The van der Waals surface area contributed by atoms with Gasteiger partial charge in [0.2, 0.25) is 0 Å². The molecule has 0 saturated heterocycles. The molecule has 1 aromatic rings. The number of unbranched alkanes of at least 4 members (excludes halogenated alkanes) is 9. The first-order valence-electron chi connectivity index (χ1n) is 13.8. The van der Waals surface area contributed by atoms with E-state index in [1.807, 2.05) is 0 Å². The van der Waals surface area contributed by atoms with Gasteiger partial charge in [0.25, 0.3) is 0 Å². The summed E-state index contributed by atoms with van der Waals surface area (Å²) in [6, 6.07) is 8.91. The van der Waals surface area contributed by atoms with Crippen molar-refractivity contribution in [3.05, 3.63) is 35.4 Å². The van der Waals surface area contributed by atoms with Gasteiger partial charge in [-0.25, -0.2) is 0 Å². The van der Waals surface area contributed by atoms with E-state index in [1.54, 1.807) is 0 Å². The van der Waals surface area contributed by atoms with Crippen LogP contribution in [-0.2, 0) is 25.6 Å². The van der Waals surface area contributed by atoms with Crippen molar-refractivity contribution in [2.75, 3.05) is 52.9 Å². The lowest BCUT2D eigenvalue weighted by atomic mass is 9.94. The lowest BCUT2D eigenvalue weighted by Gasteiger charge is -2.13.